The van der Waals surface area contributed by atoms with E-state index in [9.17, 15) is 0 Å². The molecule has 0 bridgehead atoms. The van der Waals surface area contributed by atoms with Crippen LogP contribution in [-0.2, 0) is 0 Å². The standard InChI is InChI=1S/C16H12N6O/c1-2-5-12(6-3-1)22-16-14(10-20-22)15(17-11-18-16)21-19-9-13-7-4-8-23-13/h1-11H,(H,17,18,21). The van der Waals surface area contributed by atoms with Crippen molar-refractivity contribution in [1.29, 1.82) is 0 Å². The molecule has 0 radical (unpaired) electrons. The molecule has 3 heterocycles. The van der Waals surface area contributed by atoms with Crippen molar-refractivity contribution in [2.45, 2.75) is 0 Å². The van der Waals surface area contributed by atoms with Crippen LogP contribution in [0.3, 0.4) is 0 Å². The summed E-state index contributed by atoms with van der Waals surface area (Å²) in [5.74, 6) is 1.24. The first kappa shape index (κ1) is 13.2. The Bertz CT molecular complexity index is 943. The minimum atomic E-state index is 0.583. The monoisotopic (exact) mass is 304 g/mol. The molecule has 0 atom stereocenters. The molecule has 0 fully saturated rings. The average Bonchev–Trinajstić information content (AvgIpc) is 3.25. The first-order valence-electron chi connectivity index (χ1n) is 6.98. The maximum absolute atomic E-state index is 5.18. The first-order valence-corrected chi connectivity index (χ1v) is 6.98. The molecule has 112 valence electrons. The van der Waals surface area contributed by atoms with E-state index in [1.165, 1.54) is 6.33 Å². The molecule has 23 heavy (non-hydrogen) atoms. The number of hydrogen-bond acceptors (Lipinski definition) is 6. The van der Waals surface area contributed by atoms with Gasteiger partial charge in [0.1, 0.15) is 12.1 Å². The smallest absolute Gasteiger partial charge is 0.168 e. The summed E-state index contributed by atoms with van der Waals surface area (Å²) in [6.07, 6.45) is 6.37. The average molecular weight is 304 g/mol. The highest BCUT2D eigenvalue weighted by Gasteiger charge is 2.10. The Morgan fingerprint density at radius 2 is 2.00 bits per heavy atom. The van der Waals surface area contributed by atoms with Gasteiger partial charge in [-0.3, -0.25) is 5.43 Å². The third-order valence-corrected chi connectivity index (χ3v) is 3.27. The van der Waals surface area contributed by atoms with Gasteiger partial charge in [-0.25, -0.2) is 14.6 Å². The molecule has 1 N–H and O–H groups in total. The maximum Gasteiger partial charge on any atom is 0.168 e. The van der Waals surface area contributed by atoms with Crippen molar-refractivity contribution in [3.05, 3.63) is 67.0 Å². The largest absolute Gasteiger partial charge is 0.463 e. The quantitative estimate of drug-likeness (QED) is 0.463. The maximum atomic E-state index is 5.18. The van der Waals surface area contributed by atoms with Gasteiger partial charge in [-0.1, -0.05) is 18.2 Å². The lowest BCUT2D eigenvalue weighted by atomic mass is 10.3. The van der Waals surface area contributed by atoms with E-state index in [0.29, 0.717) is 17.2 Å². The van der Waals surface area contributed by atoms with Gasteiger partial charge in [0.15, 0.2) is 11.5 Å². The molecule has 4 rings (SSSR count). The molecule has 0 amide bonds. The number of fused-ring (bicyclic) bond motifs is 1. The third-order valence-electron chi connectivity index (χ3n) is 3.27. The number of hydrogen-bond donors (Lipinski definition) is 1. The van der Waals surface area contributed by atoms with Crippen LogP contribution in [0.1, 0.15) is 5.76 Å². The van der Waals surface area contributed by atoms with Crippen molar-refractivity contribution in [1.82, 2.24) is 19.7 Å². The zero-order valence-electron chi connectivity index (χ0n) is 12.0. The van der Waals surface area contributed by atoms with Crippen molar-refractivity contribution in [2.24, 2.45) is 5.10 Å². The second-order valence-electron chi connectivity index (χ2n) is 4.74. The van der Waals surface area contributed by atoms with Gasteiger partial charge in [-0.15, -0.1) is 0 Å². The molecule has 0 saturated carbocycles. The Balaban J connectivity index is 1.68. The summed E-state index contributed by atoms with van der Waals surface area (Å²) in [5.41, 5.74) is 4.54. The Morgan fingerprint density at radius 3 is 2.83 bits per heavy atom. The number of rotatable bonds is 4. The van der Waals surface area contributed by atoms with Crippen molar-refractivity contribution >= 4 is 23.1 Å². The van der Waals surface area contributed by atoms with Crippen LogP contribution in [0.4, 0.5) is 5.82 Å². The molecular formula is C16H12N6O. The number of benzene rings is 1. The number of furan rings is 1. The summed E-state index contributed by atoms with van der Waals surface area (Å²) in [5, 5.41) is 9.29. The molecule has 4 aromatic rings. The zero-order chi connectivity index (χ0) is 15.5. The van der Waals surface area contributed by atoms with E-state index in [0.717, 1.165) is 11.1 Å². The van der Waals surface area contributed by atoms with Crippen LogP contribution < -0.4 is 5.43 Å². The van der Waals surface area contributed by atoms with Crippen LogP contribution in [0.2, 0.25) is 0 Å². The molecule has 0 saturated heterocycles. The number of para-hydroxylation sites is 1. The zero-order valence-corrected chi connectivity index (χ0v) is 12.0. The molecule has 7 heteroatoms. The fourth-order valence-electron chi connectivity index (χ4n) is 2.21. The summed E-state index contributed by atoms with van der Waals surface area (Å²) in [4.78, 5) is 8.53. The molecule has 0 aliphatic carbocycles. The van der Waals surface area contributed by atoms with Crippen LogP contribution >= 0.6 is 0 Å². The van der Waals surface area contributed by atoms with Gasteiger partial charge in [0, 0.05) is 0 Å². The van der Waals surface area contributed by atoms with Crippen molar-refractivity contribution in [2.75, 3.05) is 5.43 Å². The van der Waals surface area contributed by atoms with Crippen molar-refractivity contribution in [3.8, 4) is 5.69 Å². The van der Waals surface area contributed by atoms with E-state index in [4.69, 9.17) is 4.42 Å². The molecule has 7 nitrogen and oxygen atoms in total. The van der Waals surface area contributed by atoms with Crippen LogP contribution in [-0.4, -0.2) is 26.0 Å². The van der Waals surface area contributed by atoms with Gasteiger partial charge in [-0.2, -0.15) is 10.2 Å². The lowest BCUT2D eigenvalue weighted by Crippen LogP contribution is -1.99. The molecule has 0 spiro atoms. The predicted molar refractivity (Wildman–Crippen MR) is 86.6 cm³/mol. The van der Waals surface area contributed by atoms with Gasteiger partial charge in [0.25, 0.3) is 0 Å². The Hall–Kier alpha value is -3.48. The summed E-state index contributed by atoms with van der Waals surface area (Å²) in [7, 11) is 0. The number of hydrazone groups is 1. The third kappa shape index (κ3) is 2.55. The Kier molecular flexibility index (Phi) is 3.28. The number of nitrogens with zero attached hydrogens (tertiary/aromatic N) is 5. The normalized spacial score (nSPS) is 11.3. The van der Waals surface area contributed by atoms with Crippen molar-refractivity contribution < 1.29 is 4.42 Å². The van der Waals surface area contributed by atoms with E-state index in [2.05, 4.69) is 25.6 Å². The fraction of sp³-hybridized carbons (Fsp3) is 0. The lowest BCUT2D eigenvalue weighted by Gasteiger charge is -2.03. The Morgan fingerprint density at radius 1 is 1.09 bits per heavy atom. The van der Waals surface area contributed by atoms with Crippen LogP contribution in [0.25, 0.3) is 16.7 Å². The fourth-order valence-corrected chi connectivity index (χ4v) is 2.21. The van der Waals surface area contributed by atoms with E-state index in [1.54, 1.807) is 29.4 Å². The topological polar surface area (TPSA) is 81.1 Å². The second-order valence-corrected chi connectivity index (χ2v) is 4.74. The van der Waals surface area contributed by atoms with Gasteiger partial charge >= 0.3 is 0 Å². The molecule has 0 unspecified atom stereocenters. The summed E-state index contributed by atoms with van der Waals surface area (Å²) in [6, 6.07) is 13.4. The summed E-state index contributed by atoms with van der Waals surface area (Å²) < 4.78 is 6.94. The van der Waals surface area contributed by atoms with Gasteiger partial charge in [0.2, 0.25) is 0 Å². The highest BCUT2D eigenvalue weighted by molar-refractivity contribution is 5.87. The van der Waals surface area contributed by atoms with Crippen molar-refractivity contribution in [3.63, 3.8) is 0 Å². The molecule has 1 aromatic carbocycles. The molecule has 0 aliphatic heterocycles. The van der Waals surface area contributed by atoms with E-state index in [1.807, 2.05) is 36.4 Å². The molecular weight excluding hydrogens is 292 g/mol. The molecule has 0 aliphatic rings. The van der Waals surface area contributed by atoms with Gasteiger partial charge in [0.05, 0.1) is 29.7 Å². The van der Waals surface area contributed by atoms with Crippen LogP contribution in [0, 0.1) is 0 Å². The highest BCUT2D eigenvalue weighted by atomic mass is 16.3. The van der Waals surface area contributed by atoms with Gasteiger partial charge < -0.3 is 4.42 Å². The minimum absolute atomic E-state index is 0.583. The highest BCUT2D eigenvalue weighted by Crippen LogP contribution is 2.21. The van der Waals surface area contributed by atoms with E-state index < -0.39 is 0 Å². The number of nitrogens with one attached hydrogen (secondary N) is 1. The lowest BCUT2D eigenvalue weighted by molar-refractivity contribution is 0.560. The number of aromatic nitrogens is 4. The summed E-state index contributed by atoms with van der Waals surface area (Å²) >= 11 is 0. The van der Waals surface area contributed by atoms with Crippen LogP contribution in [0.5, 0.6) is 0 Å². The predicted octanol–water partition coefficient (Wildman–Crippen LogP) is 2.85. The molecule has 3 aromatic heterocycles. The second kappa shape index (κ2) is 5.72. The SMILES string of the molecule is C(=NNc1ncnc2c1cnn2-c1ccccc1)c1ccco1. The van der Waals surface area contributed by atoms with E-state index >= 15 is 0 Å². The Labute approximate surface area is 131 Å². The van der Waals surface area contributed by atoms with Crippen LogP contribution in [0.15, 0.2) is 70.8 Å². The number of anilines is 1. The first-order chi connectivity index (χ1) is 11.4. The van der Waals surface area contributed by atoms with Gasteiger partial charge in [-0.05, 0) is 24.3 Å². The minimum Gasteiger partial charge on any atom is -0.463 e. The summed E-state index contributed by atoms with van der Waals surface area (Å²) in [6.45, 7) is 0. The van der Waals surface area contributed by atoms with E-state index in [-0.39, 0.29) is 0 Å².